The zero-order chi connectivity index (χ0) is 23.7. The average Bonchev–Trinajstić information content (AvgIpc) is 3.55. The van der Waals surface area contributed by atoms with Gasteiger partial charge in [0, 0.05) is 30.5 Å². The van der Waals surface area contributed by atoms with Crippen LogP contribution < -0.4 is 5.32 Å². The molecule has 7 heteroatoms. The molecule has 1 heterocycles. The van der Waals surface area contributed by atoms with Crippen LogP contribution in [0.3, 0.4) is 0 Å². The second kappa shape index (κ2) is 9.49. The van der Waals surface area contributed by atoms with Gasteiger partial charge in [0.1, 0.15) is 6.61 Å². The van der Waals surface area contributed by atoms with E-state index in [0.29, 0.717) is 19.4 Å². The van der Waals surface area contributed by atoms with E-state index in [1.807, 2.05) is 24.3 Å². The van der Waals surface area contributed by atoms with Crippen molar-refractivity contribution in [3.8, 4) is 11.1 Å². The molecule has 2 aromatic carbocycles. The average molecular weight is 463 g/mol. The molecule has 7 nitrogen and oxygen atoms in total. The van der Waals surface area contributed by atoms with Crippen LogP contribution >= 0.6 is 0 Å². The van der Waals surface area contributed by atoms with Gasteiger partial charge in [0.05, 0.1) is 6.42 Å². The maximum Gasteiger partial charge on any atom is 0.407 e. The van der Waals surface area contributed by atoms with Crippen molar-refractivity contribution in [1.29, 1.82) is 0 Å². The van der Waals surface area contributed by atoms with Crippen LogP contribution in [0.5, 0.6) is 0 Å². The second-order valence-electron chi connectivity index (χ2n) is 9.60. The summed E-state index contributed by atoms with van der Waals surface area (Å²) in [5.41, 5.74) is 4.72. The first-order valence-electron chi connectivity index (χ1n) is 12.1. The van der Waals surface area contributed by atoms with Gasteiger partial charge < -0.3 is 20.1 Å². The minimum absolute atomic E-state index is 0.000111. The third-order valence-electron chi connectivity index (χ3n) is 7.52. The molecular formula is C27H30N2O5. The van der Waals surface area contributed by atoms with Gasteiger partial charge >= 0.3 is 12.1 Å². The summed E-state index contributed by atoms with van der Waals surface area (Å²) in [6, 6.07) is 16.1. The van der Waals surface area contributed by atoms with Crippen LogP contribution in [-0.4, -0.2) is 53.2 Å². The van der Waals surface area contributed by atoms with Gasteiger partial charge in [-0.1, -0.05) is 48.5 Å². The van der Waals surface area contributed by atoms with Crippen LogP contribution in [0.1, 0.15) is 55.6 Å². The molecule has 0 unspecified atom stereocenters. The zero-order valence-electron chi connectivity index (χ0n) is 19.1. The number of likely N-dealkylation sites (tertiary alicyclic amines) is 1. The summed E-state index contributed by atoms with van der Waals surface area (Å²) >= 11 is 0. The number of aliphatic carboxylic acids is 1. The highest BCUT2D eigenvalue weighted by Crippen LogP contribution is 2.44. The van der Waals surface area contributed by atoms with Crippen molar-refractivity contribution in [2.45, 2.75) is 56.5 Å². The van der Waals surface area contributed by atoms with E-state index in [-0.39, 0.29) is 42.9 Å². The molecule has 34 heavy (non-hydrogen) atoms. The lowest BCUT2D eigenvalue weighted by atomic mass is 9.98. The Morgan fingerprint density at radius 2 is 1.65 bits per heavy atom. The molecular weight excluding hydrogens is 432 g/mol. The Balaban J connectivity index is 1.15. The standard InChI is InChI=1S/C27H30N2O5/c30-25(31)15-19-6-5-13-29(19)26(32)17-11-12-18(14-17)28-27(33)34-16-24-22-9-3-1-7-20(22)21-8-2-4-10-23(21)24/h1-4,7-10,17-19,24H,5-6,11-16H2,(H,28,33)(H,30,31)/t17-,18+,19+/m0/s1. The van der Waals surface area contributed by atoms with E-state index in [4.69, 9.17) is 9.84 Å². The van der Waals surface area contributed by atoms with Gasteiger partial charge in [0.25, 0.3) is 0 Å². The van der Waals surface area contributed by atoms with Crippen LogP contribution in [-0.2, 0) is 14.3 Å². The van der Waals surface area contributed by atoms with E-state index >= 15 is 0 Å². The van der Waals surface area contributed by atoms with Crippen LogP contribution in [0, 0.1) is 5.92 Å². The molecule has 5 rings (SSSR count). The number of carbonyl (C=O) groups excluding carboxylic acids is 2. The number of nitrogens with zero attached hydrogens (tertiary/aromatic N) is 1. The Kier molecular flexibility index (Phi) is 6.26. The molecule has 2 aromatic rings. The van der Waals surface area contributed by atoms with Crippen molar-refractivity contribution in [3.05, 3.63) is 59.7 Å². The number of hydrogen-bond donors (Lipinski definition) is 2. The zero-order valence-corrected chi connectivity index (χ0v) is 19.1. The number of alkyl carbamates (subject to hydrolysis) is 1. The van der Waals surface area contributed by atoms with Crippen molar-refractivity contribution < 1.29 is 24.2 Å². The number of ether oxygens (including phenoxy) is 1. The molecule has 0 aromatic heterocycles. The monoisotopic (exact) mass is 462 g/mol. The van der Waals surface area contributed by atoms with E-state index in [2.05, 4.69) is 29.6 Å². The number of carboxylic acid groups (broad SMARTS) is 1. The van der Waals surface area contributed by atoms with Crippen molar-refractivity contribution in [3.63, 3.8) is 0 Å². The quantitative estimate of drug-likeness (QED) is 0.672. The van der Waals surface area contributed by atoms with Gasteiger partial charge in [-0.25, -0.2) is 4.79 Å². The van der Waals surface area contributed by atoms with Crippen LogP contribution in [0.4, 0.5) is 4.79 Å². The number of nitrogens with one attached hydrogen (secondary N) is 1. The molecule has 3 aliphatic rings. The highest BCUT2D eigenvalue weighted by atomic mass is 16.5. The number of hydrogen-bond acceptors (Lipinski definition) is 4. The molecule has 3 atom stereocenters. The van der Waals surface area contributed by atoms with Crippen molar-refractivity contribution >= 4 is 18.0 Å². The number of rotatable bonds is 6. The van der Waals surface area contributed by atoms with Crippen LogP contribution in [0.25, 0.3) is 11.1 Å². The van der Waals surface area contributed by atoms with Gasteiger partial charge in [0.2, 0.25) is 5.91 Å². The summed E-state index contributed by atoms with van der Waals surface area (Å²) in [6.45, 7) is 0.886. The fourth-order valence-corrected chi connectivity index (χ4v) is 5.92. The molecule has 0 bridgehead atoms. The molecule has 1 saturated heterocycles. The van der Waals surface area contributed by atoms with Crippen molar-refractivity contribution in [2.24, 2.45) is 5.92 Å². The van der Waals surface area contributed by atoms with Gasteiger partial charge in [-0.05, 0) is 54.4 Å². The maximum absolute atomic E-state index is 13.0. The SMILES string of the molecule is O=C(O)C[C@H]1CCCN1C(=O)[C@H]1CC[C@@H](NC(=O)OCC2c3ccccc3-c3ccccc32)C1. The van der Waals surface area contributed by atoms with E-state index in [0.717, 1.165) is 19.3 Å². The molecule has 1 saturated carbocycles. The summed E-state index contributed by atoms with van der Waals surface area (Å²) in [4.78, 5) is 38.4. The lowest BCUT2D eigenvalue weighted by molar-refractivity contribution is -0.141. The maximum atomic E-state index is 13.0. The Morgan fingerprint density at radius 3 is 2.32 bits per heavy atom. The molecule has 2 N–H and O–H groups in total. The Hall–Kier alpha value is -3.35. The molecule has 178 valence electrons. The number of benzene rings is 2. The third-order valence-corrected chi connectivity index (χ3v) is 7.52. The summed E-state index contributed by atoms with van der Waals surface area (Å²) in [6.07, 6.45) is 3.12. The number of carboxylic acids is 1. The minimum Gasteiger partial charge on any atom is -0.481 e. The first-order chi connectivity index (χ1) is 16.5. The Labute approximate surface area is 199 Å². The number of carbonyl (C=O) groups is 3. The first kappa shape index (κ1) is 22.4. The van der Waals surface area contributed by atoms with E-state index < -0.39 is 12.1 Å². The first-order valence-corrected chi connectivity index (χ1v) is 12.1. The predicted molar refractivity (Wildman–Crippen MR) is 126 cm³/mol. The minimum atomic E-state index is -0.870. The molecule has 1 aliphatic heterocycles. The van der Waals surface area contributed by atoms with Crippen molar-refractivity contribution in [1.82, 2.24) is 10.2 Å². The topological polar surface area (TPSA) is 95.9 Å². The summed E-state index contributed by atoms with van der Waals surface area (Å²) in [5, 5.41) is 12.1. The molecule has 0 radical (unpaired) electrons. The Morgan fingerprint density at radius 1 is 0.971 bits per heavy atom. The predicted octanol–water partition coefficient (Wildman–Crippen LogP) is 4.16. The highest BCUT2D eigenvalue weighted by Gasteiger charge is 2.38. The molecule has 2 fully saturated rings. The molecule has 2 amide bonds. The Bertz CT molecular complexity index is 1050. The lowest BCUT2D eigenvalue weighted by Gasteiger charge is -2.26. The van der Waals surface area contributed by atoms with Gasteiger partial charge in [-0.3, -0.25) is 9.59 Å². The largest absolute Gasteiger partial charge is 0.481 e. The number of fused-ring (bicyclic) bond motifs is 3. The number of amides is 2. The normalized spacial score (nSPS) is 23.4. The van der Waals surface area contributed by atoms with Gasteiger partial charge in [0.15, 0.2) is 0 Å². The van der Waals surface area contributed by atoms with E-state index in [1.54, 1.807) is 4.90 Å². The fourth-order valence-electron chi connectivity index (χ4n) is 5.92. The van der Waals surface area contributed by atoms with Crippen LogP contribution in [0.15, 0.2) is 48.5 Å². The summed E-state index contributed by atoms with van der Waals surface area (Å²) < 4.78 is 5.65. The highest BCUT2D eigenvalue weighted by molar-refractivity contribution is 5.81. The second-order valence-corrected chi connectivity index (χ2v) is 9.60. The molecule has 0 spiro atoms. The van der Waals surface area contributed by atoms with Gasteiger partial charge in [-0.2, -0.15) is 0 Å². The summed E-state index contributed by atoms with van der Waals surface area (Å²) in [5.74, 6) is -1.00. The van der Waals surface area contributed by atoms with Gasteiger partial charge in [-0.15, -0.1) is 0 Å². The summed E-state index contributed by atoms with van der Waals surface area (Å²) in [7, 11) is 0. The van der Waals surface area contributed by atoms with E-state index in [1.165, 1.54) is 22.3 Å². The lowest BCUT2D eigenvalue weighted by Crippen LogP contribution is -2.41. The fraction of sp³-hybridized carbons (Fsp3) is 0.444. The third kappa shape index (κ3) is 4.39. The smallest absolute Gasteiger partial charge is 0.407 e. The van der Waals surface area contributed by atoms with E-state index in [9.17, 15) is 14.4 Å². The molecule has 2 aliphatic carbocycles. The van der Waals surface area contributed by atoms with Crippen LogP contribution in [0.2, 0.25) is 0 Å². The van der Waals surface area contributed by atoms with Crippen molar-refractivity contribution in [2.75, 3.05) is 13.2 Å².